The lowest BCUT2D eigenvalue weighted by atomic mass is 10.1. The molecule has 0 aromatic carbocycles. The molecule has 0 bridgehead atoms. The Morgan fingerprint density at radius 2 is 1.95 bits per heavy atom. The highest BCUT2D eigenvalue weighted by molar-refractivity contribution is 7.09. The summed E-state index contributed by atoms with van der Waals surface area (Å²) in [5.74, 6) is -1.60. The van der Waals surface area contributed by atoms with Gasteiger partial charge in [-0.3, -0.25) is 19.8 Å². The number of nitrogens with zero attached hydrogens (tertiary/aromatic N) is 4. The Balaban J connectivity index is 1.46. The van der Waals surface area contributed by atoms with Crippen LogP contribution in [0, 0.1) is 5.41 Å². The number of amides is 3. The smallest absolute Gasteiger partial charge is 0.370 e. The summed E-state index contributed by atoms with van der Waals surface area (Å²) in [5.41, 5.74) is 10.8. The number of hydrogen-bond donors (Lipinski definition) is 6. The van der Waals surface area contributed by atoms with Gasteiger partial charge in [-0.25, -0.2) is 9.97 Å². The molecule has 4 rings (SSSR count). The van der Waals surface area contributed by atoms with E-state index in [1.807, 2.05) is 0 Å². The van der Waals surface area contributed by atoms with Gasteiger partial charge >= 0.3 is 6.18 Å². The minimum atomic E-state index is -4.54. The van der Waals surface area contributed by atoms with Crippen molar-refractivity contribution in [1.82, 2.24) is 35.2 Å². The maximum atomic E-state index is 13.4. The summed E-state index contributed by atoms with van der Waals surface area (Å²) >= 11 is 1.16. The Morgan fingerprint density at radius 3 is 2.64 bits per heavy atom. The van der Waals surface area contributed by atoms with E-state index in [9.17, 15) is 27.6 Å². The summed E-state index contributed by atoms with van der Waals surface area (Å²) in [6, 6.07) is 0.319. The minimum Gasteiger partial charge on any atom is -0.370 e. The largest absolute Gasteiger partial charge is 0.417 e. The molecule has 1 aliphatic rings. The van der Waals surface area contributed by atoms with Gasteiger partial charge < -0.3 is 36.7 Å². The van der Waals surface area contributed by atoms with Gasteiger partial charge in [0, 0.05) is 44.0 Å². The maximum Gasteiger partial charge on any atom is 0.417 e. The van der Waals surface area contributed by atoms with Gasteiger partial charge in [0.25, 0.3) is 11.8 Å². The third-order valence-corrected chi connectivity index (χ3v) is 7.68. The number of rotatable bonds is 10. The summed E-state index contributed by atoms with van der Waals surface area (Å²) < 4.78 is 40.5. The summed E-state index contributed by atoms with van der Waals surface area (Å²) in [7, 11) is 1.47. The molecule has 4 heterocycles. The number of imidazole rings is 1. The van der Waals surface area contributed by atoms with Crippen molar-refractivity contribution in [3.05, 3.63) is 51.9 Å². The van der Waals surface area contributed by atoms with Crippen LogP contribution < -0.4 is 27.4 Å². The zero-order chi connectivity index (χ0) is 30.6. The zero-order valence-corrected chi connectivity index (χ0v) is 23.4. The molecule has 3 aromatic heterocycles. The van der Waals surface area contributed by atoms with Gasteiger partial charge in [0.05, 0.1) is 11.6 Å². The monoisotopic (exact) mass is 608 g/mol. The molecule has 3 amide bonds. The fraction of sp³-hybridized carbons (Fsp3) is 0.440. The highest BCUT2D eigenvalue weighted by atomic mass is 32.1. The van der Waals surface area contributed by atoms with E-state index in [1.165, 1.54) is 29.6 Å². The number of guanidine groups is 1. The third-order valence-electron chi connectivity index (χ3n) is 6.73. The highest BCUT2D eigenvalue weighted by Crippen LogP contribution is 2.35. The summed E-state index contributed by atoms with van der Waals surface area (Å²) in [5, 5.41) is 17.1. The summed E-state index contributed by atoms with van der Waals surface area (Å²) in [6.07, 6.45) is -0.509. The van der Waals surface area contributed by atoms with Crippen molar-refractivity contribution in [3.63, 3.8) is 0 Å². The number of hydrogen-bond acceptors (Lipinski definition) is 8. The summed E-state index contributed by atoms with van der Waals surface area (Å²) in [4.78, 5) is 48.8. The van der Waals surface area contributed by atoms with Gasteiger partial charge in [0.2, 0.25) is 5.91 Å². The van der Waals surface area contributed by atoms with Crippen LogP contribution in [0.5, 0.6) is 0 Å². The number of nitrogens with two attached hydrogens (primary N) is 2. The van der Waals surface area contributed by atoms with E-state index in [2.05, 4.69) is 25.9 Å². The number of thiazole rings is 1. The van der Waals surface area contributed by atoms with Crippen LogP contribution in [-0.4, -0.2) is 75.2 Å². The van der Waals surface area contributed by atoms with E-state index in [0.29, 0.717) is 37.2 Å². The molecule has 1 fully saturated rings. The lowest BCUT2D eigenvalue weighted by Crippen LogP contribution is -2.45. The second kappa shape index (κ2) is 12.7. The van der Waals surface area contributed by atoms with E-state index in [4.69, 9.17) is 16.9 Å². The Bertz CT molecular complexity index is 1470. The van der Waals surface area contributed by atoms with Gasteiger partial charge in [-0.05, 0) is 37.8 Å². The third kappa shape index (κ3) is 7.14. The molecule has 1 aliphatic heterocycles. The number of fused-ring (bicyclic) bond motifs is 1. The van der Waals surface area contributed by atoms with Crippen molar-refractivity contribution in [1.29, 1.82) is 5.41 Å². The van der Waals surface area contributed by atoms with Crippen molar-refractivity contribution in [2.75, 3.05) is 20.1 Å². The second-order valence-corrected chi connectivity index (χ2v) is 10.7. The molecule has 0 saturated carbocycles. The van der Waals surface area contributed by atoms with E-state index in [-0.39, 0.29) is 41.5 Å². The quantitative estimate of drug-likeness (QED) is 0.112. The normalized spacial score (nSPS) is 17.7. The average Bonchev–Trinajstić information content (AvgIpc) is 3.68. The molecule has 13 nitrogen and oxygen atoms in total. The lowest BCUT2D eigenvalue weighted by Gasteiger charge is -2.22. The van der Waals surface area contributed by atoms with E-state index in [0.717, 1.165) is 28.0 Å². The van der Waals surface area contributed by atoms with E-state index < -0.39 is 35.6 Å². The highest BCUT2D eigenvalue weighted by Gasteiger charge is 2.38. The van der Waals surface area contributed by atoms with Gasteiger partial charge in [-0.1, -0.05) is 0 Å². The first-order chi connectivity index (χ1) is 19.9. The first-order valence-corrected chi connectivity index (χ1v) is 13.9. The van der Waals surface area contributed by atoms with Crippen LogP contribution in [0.15, 0.2) is 29.9 Å². The predicted octanol–water partition coefficient (Wildman–Crippen LogP) is 1.22. The summed E-state index contributed by atoms with van der Waals surface area (Å²) in [6.45, 7) is 0.630. The first-order valence-electron chi connectivity index (χ1n) is 13.1. The number of likely N-dealkylation sites (tertiary alicyclic amines) is 1. The van der Waals surface area contributed by atoms with Gasteiger partial charge in [-0.15, -0.1) is 11.3 Å². The van der Waals surface area contributed by atoms with Gasteiger partial charge in [-0.2, -0.15) is 13.2 Å². The number of carbonyl (C=O) groups is 3. The van der Waals surface area contributed by atoms with Crippen molar-refractivity contribution < 1.29 is 27.6 Å². The molecule has 3 atom stereocenters. The molecule has 0 aliphatic carbocycles. The van der Waals surface area contributed by atoms with Gasteiger partial charge in [0.1, 0.15) is 28.1 Å². The molecule has 0 spiro atoms. The van der Waals surface area contributed by atoms with Crippen LogP contribution in [0.2, 0.25) is 0 Å². The predicted molar refractivity (Wildman–Crippen MR) is 148 cm³/mol. The molecular formula is C25H31F3N10O3S. The number of unbranched alkanes of at least 4 members (excludes halogenated alkanes) is 1. The number of halogens is 3. The standard InChI is InChI=1S/C25H31F3N10O3S/c1-32-20(39)15(4-2-3-7-33-24(30)31)35-21(40)17-12-42-22(36-17)18-8-14(29)10-38(18)23(41)16-11-37-9-13(25(26,27)28)5-6-19(37)34-16/h5-6,9,11-12,14-15,18H,2-4,7-8,10,29H2,1H3,(H,32,39)(H,35,40)(H4,30,31,33)/t14-,15?,18+/m1/s1. The van der Waals surface area contributed by atoms with E-state index >= 15 is 0 Å². The number of aromatic nitrogens is 3. The topological polar surface area (TPSA) is 197 Å². The van der Waals surface area contributed by atoms with Crippen LogP contribution in [0.4, 0.5) is 13.2 Å². The van der Waals surface area contributed by atoms with E-state index in [1.54, 1.807) is 0 Å². The van der Waals surface area contributed by atoms with Crippen LogP contribution in [0.3, 0.4) is 0 Å². The minimum absolute atomic E-state index is 0.0464. The van der Waals surface area contributed by atoms with Crippen LogP contribution in [0.25, 0.3) is 5.65 Å². The molecular weight excluding hydrogens is 577 g/mol. The lowest BCUT2D eigenvalue weighted by molar-refractivity contribution is -0.137. The molecule has 0 radical (unpaired) electrons. The fourth-order valence-corrected chi connectivity index (χ4v) is 5.58. The Labute approximate surface area is 242 Å². The number of pyridine rings is 1. The van der Waals surface area contributed by atoms with Crippen molar-refractivity contribution in [2.24, 2.45) is 11.5 Å². The van der Waals surface area contributed by atoms with Crippen molar-refractivity contribution in [3.8, 4) is 0 Å². The average molecular weight is 609 g/mol. The first kappa shape index (κ1) is 30.7. The molecule has 8 N–H and O–H groups in total. The molecule has 1 saturated heterocycles. The molecule has 42 heavy (non-hydrogen) atoms. The SMILES string of the molecule is CNC(=O)C(CCCCNC(=N)N)NC(=O)c1csc([C@@H]2C[C@@H](N)CN2C(=O)c2cn3cc(C(F)(F)F)ccc3n2)n1. The fourth-order valence-electron chi connectivity index (χ4n) is 4.65. The molecule has 3 aromatic rings. The van der Waals surface area contributed by atoms with Crippen molar-refractivity contribution >= 4 is 40.7 Å². The van der Waals surface area contributed by atoms with Crippen molar-refractivity contribution in [2.45, 2.75) is 50.0 Å². The Kier molecular flexibility index (Phi) is 9.30. The van der Waals surface area contributed by atoms with Gasteiger partial charge in [0.15, 0.2) is 5.96 Å². The van der Waals surface area contributed by atoms with Crippen LogP contribution in [0.1, 0.15) is 63.3 Å². The molecule has 1 unspecified atom stereocenters. The number of alkyl halides is 3. The molecule has 17 heteroatoms. The zero-order valence-electron chi connectivity index (χ0n) is 22.6. The number of likely N-dealkylation sites (N-methyl/N-ethyl adjacent to an activating group) is 1. The number of carbonyl (C=O) groups excluding carboxylic acids is 3. The van der Waals surface area contributed by atoms with Crippen LogP contribution in [-0.2, 0) is 11.0 Å². The number of nitrogens with one attached hydrogen (secondary N) is 4. The Hall–Kier alpha value is -4.25. The Morgan fingerprint density at radius 1 is 1.19 bits per heavy atom. The maximum absolute atomic E-state index is 13.4. The van der Waals surface area contributed by atoms with Crippen LogP contribution >= 0.6 is 11.3 Å². The second-order valence-electron chi connectivity index (χ2n) is 9.82. The molecule has 226 valence electrons.